The van der Waals surface area contributed by atoms with Crippen molar-refractivity contribution >= 4 is 16.0 Å². The number of aryl methyl sites for hydroxylation is 1. The predicted molar refractivity (Wildman–Crippen MR) is 68.3 cm³/mol. The molecule has 1 heterocycles. The van der Waals surface area contributed by atoms with Gasteiger partial charge in [0.2, 0.25) is 10.0 Å². The van der Waals surface area contributed by atoms with Crippen LogP contribution in [0.25, 0.3) is 0 Å². The molecule has 0 aliphatic heterocycles. The first-order valence-electron chi connectivity index (χ1n) is 5.66. The van der Waals surface area contributed by atoms with Crippen molar-refractivity contribution in [2.75, 3.05) is 12.3 Å². The maximum absolute atomic E-state index is 11.5. The number of sulfonamides is 1. The van der Waals surface area contributed by atoms with Gasteiger partial charge in [-0.05, 0) is 19.9 Å². The molecule has 0 aliphatic rings. The fraction of sp³-hybridized carbons (Fsp3) is 0.545. The normalized spacial score (nSPS) is 11.7. The van der Waals surface area contributed by atoms with Gasteiger partial charge < -0.3 is 9.67 Å². The fourth-order valence-electron chi connectivity index (χ4n) is 1.87. The minimum Gasteiger partial charge on any atom is -0.478 e. The summed E-state index contributed by atoms with van der Waals surface area (Å²) in [6.45, 7) is 5.76. The van der Waals surface area contributed by atoms with Crippen LogP contribution in [0.2, 0.25) is 0 Å². The van der Waals surface area contributed by atoms with E-state index in [1.165, 1.54) is 0 Å². The van der Waals surface area contributed by atoms with E-state index in [0.29, 0.717) is 12.2 Å². The van der Waals surface area contributed by atoms with Crippen molar-refractivity contribution in [2.45, 2.75) is 27.3 Å². The van der Waals surface area contributed by atoms with E-state index in [2.05, 4.69) is 4.72 Å². The van der Waals surface area contributed by atoms with Crippen LogP contribution in [0.5, 0.6) is 0 Å². The summed E-state index contributed by atoms with van der Waals surface area (Å²) < 4.78 is 27.2. The van der Waals surface area contributed by atoms with Gasteiger partial charge in [0.05, 0.1) is 11.3 Å². The number of nitrogens with zero attached hydrogens (tertiary/aromatic N) is 1. The van der Waals surface area contributed by atoms with Gasteiger partial charge in [-0.2, -0.15) is 0 Å². The van der Waals surface area contributed by atoms with Gasteiger partial charge in [-0.25, -0.2) is 17.9 Å². The summed E-state index contributed by atoms with van der Waals surface area (Å²) in [6.07, 6.45) is 0. The highest BCUT2D eigenvalue weighted by Gasteiger charge is 2.16. The second kappa shape index (κ2) is 5.53. The Balaban J connectivity index is 2.90. The van der Waals surface area contributed by atoms with Gasteiger partial charge in [0.25, 0.3) is 0 Å². The minimum absolute atomic E-state index is 0.0593. The quantitative estimate of drug-likeness (QED) is 0.801. The summed E-state index contributed by atoms with van der Waals surface area (Å²) in [4.78, 5) is 10.9. The SMILES string of the molecule is CCNS(=O)(=O)CCn1c(C)cc(C(=O)O)c1C. The molecule has 0 saturated heterocycles. The first-order chi connectivity index (χ1) is 8.28. The fourth-order valence-corrected chi connectivity index (χ4v) is 2.87. The highest BCUT2D eigenvalue weighted by Crippen LogP contribution is 2.15. The summed E-state index contributed by atoms with van der Waals surface area (Å²) in [6, 6.07) is 1.55. The van der Waals surface area contributed by atoms with Crippen molar-refractivity contribution in [3.05, 3.63) is 23.0 Å². The molecular formula is C11H18N2O4S. The molecule has 0 bridgehead atoms. The maximum Gasteiger partial charge on any atom is 0.337 e. The Kier molecular flexibility index (Phi) is 4.53. The Labute approximate surface area is 107 Å². The third-order valence-corrected chi connectivity index (χ3v) is 4.20. The van der Waals surface area contributed by atoms with Crippen LogP contribution in [0.4, 0.5) is 0 Å². The van der Waals surface area contributed by atoms with Crippen molar-refractivity contribution in [1.82, 2.24) is 9.29 Å². The summed E-state index contributed by atoms with van der Waals surface area (Å²) in [7, 11) is -3.29. The molecule has 0 spiro atoms. The predicted octanol–water partition coefficient (Wildman–Crippen LogP) is 0.742. The molecule has 1 rings (SSSR count). The molecular weight excluding hydrogens is 256 g/mol. The number of nitrogens with one attached hydrogen (secondary N) is 1. The number of aromatic nitrogens is 1. The molecule has 0 atom stereocenters. The average molecular weight is 274 g/mol. The number of hydrogen-bond donors (Lipinski definition) is 2. The number of rotatable bonds is 6. The van der Waals surface area contributed by atoms with E-state index in [0.717, 1.165) is 5.69 Å². The van der Waals surface area contributed by atoms with Crippen LogP contribution in [0.15, 0.2) is 6.07 Å². The third kappa shape index (κ3) is 3.33. The van der Waals surface area contributed by atoms with Gasteiger partial charge in [0.1, 0.15) is 0 Å². The average Bonchev–Trinajstić information content (AvgIpc) is 2.52. The summed E-state index contributed by atoms with van der Waals surface area (Å²) in [5.74, 6) is -1.06. The highest BCUT2D eigenvalue weighted by molar-refractivity contribution is 7.89. The zero-order valence-corrected chi connectivity index (χ0v) is 11.5. The van der Waals surface area contributed by atoms with Gasteiger partial charge >= 0.3 is 5.97 Å². The van der Waals surface area contributed by atoms with E-state index in [4.69, 9.17) is 5.11 Å². The van der Waals surface area contributed by atoms with Crippen LogP contribution in [-0.4, -0.2) is 36.4 Å². The molecule has 6 nitrogen and oxygen atoms in total. The number of carboxylic acids is 1. The lowest BCUT2D eigenvalue weighted by Gasteiger charge is -2.10. The Morgan fingerprint density at radius 1 is 1.44 bits per heavy atom. The zero-order valence-electron chi connectivity index (χ0n) is 10.7. The van der Waals surface area contributed by atoms with Crippen molar-refractivity contribution < 1.29 is 18.3 Å². The van der Waals surface area contributed by atoms with E-state index < -0.39 is 16.0 Å². The largest absolute Gasteiger partial charge is 0.478 e. The van der Waals surface area contributed by atoms with Crippen LogP contribution in [0, 0.1) is 13.8 Å². The first kappa shape index (κ1) is 14.7. The monoisotopic (exact) mass is 274 g/mol. The van der Waals surface area contributed by atoms with Gasteiger partial charge in [-0.1, -0.05) is 6.92 Å². The van der Waals surface area contributed by atoms with Crippen LogP contribution < -0.4 is 4.72 Å². The Morgan fingerprint density at radius 3 is 2.50 bits per heavy atom. The molecule has 2 N–H and O–H groups in total. The maximum atomic E-state index is 11.5. The van der Waals surface area contributed by atoms with Crippen LogP contribution in [0.3, 0.4) is 0 Å². The molecule has 7 heteroatoms. The van der Waals surface area contributed by atoms with E-state index in [9.17, 15) is 13.2 Å². The molecule has 1 aromatic heterocycles. The third-order valence-electron chi connectivity index (χ3n) is 2.75. The Morgan fingerprint density at radius 2 is 2.06 bits per heavy atom. The van der Waals surface area contributed by atoms with Gasteiger partial charge in [-0.15, -0.1) is 0 Å². The van der Waals surface area contributed by atoms with Gasteiger partial charge in [-0.3, -0.25) is 0 Å². The van der Waals surface area contributed by atoms with Crippen molar-refractivity contribution in [3.63, 3.8) is 0 Å². The van der Waals surface area contributed by atoms with Gasteiger partial charge in [0, 0.05) is 24.5 Å². The van der Waals surface area contributed by atoms with Crippen molar-refractivity contribution in [3.8, 4) is 0 Å². The van der Waals surface area contributed by atoms with Crippen LogP contribution in [0.1, 0.15) is 28.7 Å². The second-order valence-corrected chi connectivity index (χ2v) is 5.98. The summed E-state index contributed by atoms with van der Waals surface area (Å²) in [5, 5.41) is 8.97. The van der Waals surface area contributed by atoms with E-state index in [1.807, 2.05) is 0 Å². The second-order valence-electron chi connectivity index (χ2n) is 4.06. The molecule has 102 valence electrons. The summed E-state index contributed by atoms with van der Waals surface area (Å²) >= 11 is 0. The Hall–Kier alpha value is -1.34. The van der Waals surface area contributed by atoms with Crippen molar-refractivity contribution in [1.29, 1.82) is 0 Å². The zero-order chi connectivity index (χ0) is 13.9. The summed E-state index contributed by atoms with van der Waals surface area (Å²) in [5.41, 5.74) is 1.54. The molecule has 1 aromatic rings. The standard InChI is InChI=1S/C11H18N2O4S/c1-4-12-18(16,17)6-5-13-8(2)7-10(9(13)3)11(14)15/h7,12H,4-6H2,1-3H3,(H,14,15). The highest BCUT2D eigenvalue weighted by atomic mass is 32.2. The topological polar surface area (TPSA) is 88.4 Å². The Bertz CT molecular complexity index is 546. The van der Waals surface area contributed by atoms with Crippen LogP contribution in [-0.2, 0) is 16.6 Å². The smallest absolute Gasteiger partial charge is 0.337 e. The first-order valence-corrected chi connectivity index (χ1v) is 7.31. The minimum atomic E-state index is -3.29. The van der Waals surface area contributed by atoms with E-state index in [-0.39, 0.29) is 17.9 Å². The lowest BCUT2D eigenvalue weighted by molar-refractivity contribution is 0.0696. The molecule has 0 fully saturated rings. The number of hydrogen-bond acceptors (Lipinski definition) is 3. The van der Waals surface area contributed by atoms with E-state index in [1.54, 1.807) is 31.4 Å². The molecule has 0 saturated carbocycles. The van der Waals surface area contributed by atoms with Crippen molar-refractivity contribution in [2.24, 2.45) is 0 Å². The van der Waals surface area contributed by atoms with Crippen LogP contribution >= 0.6 is 0 Å². The molecule has 18 heavy (non-hydrogen) atoms. The molecule has 0 aliphatic carbocycles. The lowest BCUT2D eigenvalue weighted by Crippen LogP contribution is -2.28. The molecule has 0 aromatic carbocycles. The number of aromatic carboxylic acids is 1. The van der Waals surface area contributed by atoms with E-state index >= 15 is 0 Å². The lowest BCUT2D eigenvalue weighted by atomic mass is 10.2. The molecule has 0 amide bonds. The molecule has 0 unspecified atom stereocenters. The van der Waals surface area contributed by atoms with Gasteiger partial charge in [0.15, 0.2) is 0 Å². The number of carboxylic acid groups (broad SMARTS) is 1. The molecule has 0 radical (unpaired) electrons. The number of carbonyl (C=O) groups is 1.